The van der Waals surface area contributed by atoms with Gasteiger partial charge in [0.05, 0.1) is 11.1 Å². The van der Waals surface area contributed by atoms with Crippen LogP contribution in [0.2, 0.25) is 0 Å². The Bertz CT molecular complexity index is 5570. The zero-order valence-electron chi connectivity index (χ0n) is 50.3. The molecular weight excluding hydrogens is 1170 g/mol. The fraction of sp³-hybridized carbons (Fsp3) is 0.0233. The molecule has 94 heavy (non-hydrogen) atoms. The van der Waals surface area contributed by atoms with Gasteiger partial charge in [-0.05, 0) is 201 Å². The molecule has 0 heterocycles. The molecule has 0 aliphatic heterocycles. The third-order valence-corrected chi connectivity index (χ3v) is 19.9. The van der Waals surface area contributed by atoms with Crippen molar-refractivity contribution < 1.29 is 26.3 Å². The molecule has 0 aromatic heterocycles. The lowest BCUT2D eigenvalue weighted by atomic mass is 9.35. The summed E-state index contributed by atoms with van der Waals surface area (Å²) in [4.78, 5) is 0. The molecule has 18 aromatic rings. The maximum atomic E-state index is 15.9. The van der Waals surface area contributed by atoms with Gasteiger partial charge in [0.15, 0.2) is 0 Å². The number of rotatable bonds is 8. The Morgan fingerprint density at radius 2 is 0.426 bits per heavy atom. The average Bonchev–Trinajstić information content (AvgIpc) is 0.702. The zero-order valence-corrected chi connectivity index (χ0v) is 50.3. The summed E-state index contributed by atoms with van der Waals surface area (Å²) < 4.78 is 95.6. The first-order valence-corrected chi connectivity index (χ1v) is 31.6. The SMILES string of the molecule is FC(F)(F)c1ccccc1-c1cc(B(c2ccc3cc4ccccc4cc3c2)c2ccc3cc4ccccc4cc3c2)c2ccc3c(-c4ccccc4C(F)(F)F)cc(B(c4ccc5cc6ccccc6cc5c4)c4ccc5cc6ccccc6cc5c4)c4ccc1c2c43. The minimum Gasteiger partial charge on any atom is -0.166 e. The van der Waals surface area contributed by atoms with E-state index in [1.54, 1.807) is 24.3 Å². The summed E-state index contributed by atoms with van der Waals surface area (Å²) in [5.41, 5.74) is 4.28. The zero-order chi connectivity index (χ0) is 63.1. The van der Waals surface area contributed by atoms with E-state index in [9.17, 15) is 0 Å². The maximum absolute atomic E-state index is 15.9. The van der Waals surface area contributed by atoms with Crippen molar-refractivity contribution in [3.05, 3.63) is 314 Å². The number of fused-ring (bicyclic) bond motifs is 8. The normalized spacial score (nSPS) is 12.4. The molecule has 0 N–H and O–H groups in total. The van der Waals surface area contributed by atoms with Crippen molar-refractivity contribution in [2.24, 2.45) is 0 Å². The van der Waals surface area contributed by atoms with Crippen molar-refractivity contribution in [1.82, 2.24) is 0 Å². The molecule has 442 valence electrons. The maximum Gasteiger partial charge on any atom is 0.417 e. The van der Waals surface area contributed by atoms with Crippen LogP contribution in [0.15, 0.2) is 303 Å². The van der Waals surface area contributed by atoms with E-state index in [2.05, 4.69) is 170 Å². The second-order valence-electron chi connectivity index (χ2n) is 25.3. The Hall–Kier alpha value is -11.2. The topological polar surface area (TPSA) is 0 Å². The Balaban J connectivity index is 0.994. The van der Waals surface area contributed by atoms with E-state index < -0.39 is 36.9 Å². The molecule has 18 rings (SSSR count). The third kappa shape index (κ3) is 9.17. The largest absolute Gasteiger partial charge is 0.417 e. The average molecular weight is 1220 g/mol. The van der Waals surface area contributed by atoms with E-state index in [4.69, 9.17) is 0 Å². The van der Waals surface area contributed by atoms with Gasteiger partial charge < -0.3 is 0 Å². The van der Waals surface area contributed by atoms with Gasteiger partial charge in [-0.25, -0.2) is 0 Å². The molecule has 0 saturated heterocycles. The number of hydrogen-bond acceptors (Lipinski definition) is 0. The van der Waals surface area contributed by atoms with Crippen LogP contribution < -0.4 is 32.8 Å². The summed E-state index contributed by atoms with van der Waals surface area (Å²) in [6.07, 6.45) is -9.51. The fourth-order valence-electron chi connectivity index (χ4n) is 15.6. The molecule has 0 amide bonds. The number of halogens is 6. The van der Waals surface area contributed by atoms with Gasteiger partial charge in [0.25, 0.3) is 0 Å². The van der Waals surface area contributed by atoms with Crippen molar-refractivity contribution in [2.75, 3.05) is 0 Å². The number of benzene rings is 18. The summed E-state index contributed by atoms with van der Waals surface area (Å²) in [6.45, 7) is -1.18. The molecule has 0 aliphatic rings. The highest BCUT2D eigenvalue weighted by atomic mass is 19.4. The monoisotopic (exact) mass is 1220 g/mol. The molecule has 0 atom stereocenters. The van der Waals surface area contributed by atoms with E-state index in [0.717, 1.165) is 142 Å². The molecule has 18 aromatic carbocycles. The van der Waals surface area contributed by atoms with Crippen molar-refractivity contribution in [3.63, 3.8) is 0 Å². The minimum absolute atomic E-state index is 0.00369. The molecule has 0 radical (unpaired) electrons. The Morgan fingerprint density at radius 1 is 0.191 bits per heavy atom. The van der Waals surface area contributed by atoms with Crippen molar-refractivity contribution in [2.45, 2.75) is 12.4 Å². The van der Waals surface area contributed by atoms with Gasteiger partial charge in [0, 0.05) is 0 Å². The highest BCUT2D eigenvalue weighted by Crippen LogP contribution is 2.47. The van der Waals surface area contributed by atoms with E-state index in [-0.39, 0.29) is 11.1 Å². The molecule has 0 nitrogen and oxygen atoms in total. The van der Waals surface area contributed by atoms with Crippen LogP contribution in [0.25, 0.3) is 141 Å². The quantitative estimate of drug-likeness (QED) is 0.0616. The Labute approximate surface area is 537 Å². The van der Waals surface area contributed by atoms with Gasteiger partial charge in [-0.3, -0.25) is 0 Å². The van der Waals surface area contributed by atoms with Crippen LogP contribution in [0.5, 0.6) is 0 Å². The van der Waals surface area contributed by atoms with Gasteiger partial charge in [-0.2, -0.15) is 26.3 Å². The van der Waals surface area contributed by atoms with E-state index >= 15 is 26.3 Å². The number of hydrogen-bond donors (Lipinski definition) is 0. The second-order valence-corrected chi connectivity index (χ2v) is 25.3. The predicted octanol–water partition coefficient (Wildman–Crippen LogP) is 20.2. The molecule has 0 fully saturated rings. The van der Waals surface area contributed by atoms with Crippen LogP contribution in [0.3, 0.4) is 0 Å². The Morgan fingerprint density at radius 3 is 0.702 bits per heavy atom. The molecule has 0 bridgehead atoms. The summed E-state index contributed by atoms with van der Waals surface area (Å²) in [7, 11) is 0. The number of alkyl halides is 6. The van der Waals surface area contributed by atoms with Crippen LogP contribution in [0.4, 0.5) is 26.3 Å². The highest BCUT2D eigenvalue weighted by molar-refractivity contribution is 6.98. The fourth-order valence-corrected chi connectivity index (χ4v) is 15.6. The van der Waals surface area contributed by atoms with Gasteiger partial charge >= 0.3 is 12.4 Å². The molecule has 8 heteroatoms. The summed E-state index contributed by atoms with van der Waals surface area (Å²) in [5, 5.41) is 20.8. The summed E-state index contributed by atoms with van der Waals surface area (Å²) in [6, 6.07) is 99.9. The van der Waals surface area contributed by atoms with Gasteiger partial charge in [0.2, 0.25) is 13.4 Å². The van der Waals surface area contributed by atoms with E-state index in [0.29, 0.717) is 32.7 Å². The van der Waals surface area contributed by atoms with Crippen LogP contribution in [0.1, 0.15) is 11.1 Å². The third-order valence-electron chi connectivity index (χ3n) is 19.9. The van der Waals surface area contributed by atoms with Crippen LogP contribution >= 0.6 is 0 Å². The molecule has 0 spiro atoms. The molecule has 0 saturated carbocycles. The first kappa shape index (κ1) is 55.6. The minimum atomic E-state index is -4.75. The second kappa shape index (κ2) is 21.2. The molecular formula is C86H50B2F6. The Kier molecular flexibility index (Phi) is 12.5. The molecule has 0 aliphatic carbocycles. The predicted molar refractivity (Wildman–Crippen MR) is 386 cm³/mol. The van der Waals surface area contributed by atoms with Crippen LogP contribution in [-0.4, -0.2) is 13.4 Å². The highest BCUT2D eigenvalue weighted by Gasteiger charge is 2.38. The lowest BCUT2D eigenvalue weighted by molar-refractivity contribution is -0.137. The van der Waals surface area contributed by atoms with Gasteiger partial charge in [0.1, 0.15) is 0 Å². The standard InChI is InChI=1S/C86H50B2F6/c89-85(90,91)79-23-11-9-21-71(79)77-49-81(87(67-29-25-59-37-51-13-1-5-17-55(51)41-63(59)45-67)68-30-26-60-38-52-14-2-6-18-56(52)42-64(60)46-68)75-35-33-74-78(72-22-10-12-24-80(72)86(92,93)94)50-82(76-36-34-73(77)83(75)84(74)76)88(69-31-27-61-39-53-15-3-7-19-57(53)43-65(61)47-69)70-32-28-62-40-54-16-4-8-20-58(54)44-66(62)48-70/h1-50H. The summed E-state index contributed by atoms with van der Waals surface area (Å²) >= 11 is 0. The van der Waals surface area contributed by atoms with Gasteiger partial charge in [-0.15, -0.1) is 0 Å². The lowest BCUT2D eigenvalue weighted by Gasteiger charge is -2.27. The van der Waals surface area contributed by atoms with Crippen molar-refractivity contribution in [3.8, 4) is 22.3 Å². The lowest BCUT2D eigenvalue weighted by Crippen LogP contribution is -2.52. The molecule has 0 unspecified atom stereocenters. The summed E-state index contributed by atoms with van der Waals surface area (Å²) in [5.74, 6) is 0. The van der Waals surface area contributed by atoms with Crippen molar-refractivity contribution in [1.29, 1.82) is 0 Å². The van der Waals surface area contributed by atoms with Crippen LogP contribution in [-0.2, 0) is 12.4 Å². The first-order valence-electron chi connectivity index (χ1n) is 31.6. The van der Waals surface area contributed by atoms with Gasteiger partial charge in [-0.1, -0.05) is 275 Å². The van der Waals surface area contributed by atoms with E-state index in [1.165, 1.54) is 12.1 Å². The first-order chi connectivity index (χ1) is 45.8. The van der Waals surface area contributed by atoms with Crippen molar-refractivity contribution >= 4 is 165 Å². The van der Waals surface area contributed by atoms with Crippen LogP contribution in [0, 0.1) is 0 Å². The van der Waals surface area contributed by atoms with E-state index in [1.807, 2.05) is 84.9 Å². The smallest absolute Gasteiger partial charge is 0.166 e.